The van der Waals surface area contributed by atoms with Gasteiger partial charge < -0.3 is 1.43 Å². The van der Waals surface area contributed by atoms with Crippen molar-refractivity contribution >= 4 is 19.2 Å². The van der Waals surface area contributed by atoms with Crippen molar-refractivity contribution in [1.82, 2.24) is 0 Å². The van der Waals surface area contributed by atoms with Crippen molar-refractivity contribution in [3.63, 3.8) is 0 Å². The third-order valence-electron chi connectivity index (χ3n) is 0. The van der Waals surface area contributed by atoms with Gasteiger partial charge in [0, 0.05) is 0 Å². The van der Waals surface area contributed by atoms with Crippen LogP contribution in [0.2, 0.25) is 0 Å². The van der Waals surface area contributed by atoms with Crippen LogP contribution in [0.15, 0.2) is 0 Å². The predicted octanol–water partition coefficient (Wildman–Crippen LogP) is -0.815. The summed E-state index contributed by atoms with van der Waals surface area (Å²) in [6, 6.07) is 0. The van der Waals surface area contributed by atoms with Crippen LogP contribution in [0.4, 0.5) is 0 Å². The maximum absolute atomic E-state index is 4.95. The SMILES string of the molecule is [Cl][Ho]([Cl])[Cl].[H-].[Li+]. The van der Waals surface area contributed by atoms with E-state index in [1.165, 1.54) is 0 Å². The van der Waals surface area contributed by atoms with Crippen molar-refractivity contribution in [2.24, 2.45) is 0 Å². The summed E-state index contributed by atoms with van der Waals surface area (Å²) >= 11 is -1.79. The van der Waals surface area contributed by atoms with Crippen LogP contribution >= 0.6 is 19.2 Å². The van der Waals surface area contributed by atoms with Crippen LogP contribution in [0.5, 0.6) is 0 Å². The van der Waals surface area contributed by atoms with Gasteiger partial charge >= 0.3 is 65.4 Å². The Bertz CT molecular complexity index is 15.5. The number of hydrogen-bond donors (Lipinski definition) is 0. The Labute approximate surface area is 65.3 Å². The summed E-state index contributed by atoms with van der Waals surface area (Å²) in [6.45, 7) is 0. The average molecular weight is 279 g/mol. The zero-order chi connectivity index (χ0) is 3.58. The van der Waals surface area contributed by atoms with E-state index in [1.54, 1.807) is 0 Å². The molecule has 0 heterocycles. The summed E-state index contributed by atoms with van der Waals surface area (Å²) in [5.74, 6) is 0. The van der Waals surface area contributed by atoms with Gasteiger partial charge in [0.1, 0.15) is 0 Å². The minimum atomic E-state index is -1.79. The van der Waals surface area contributed by atoms with Crippen molar-refractivity contribution in [3.05, 3.63) is 0 Å². The van der Waals surface area contributed by atoms with Gasteiger partial charge in [-0.3, -0.25) is 0 Å². The van der Waals surface area contributed by atoms with Gasteiger partial charge in [0.15, 0.2) is 0 Å². The van der Waals surface area contributed by atoms with Gasteiger partial charge in [-0.25, -0.2) is 0 Å². The second kappa shape index (κ2) is 6.73. The molecule has 0 aromatic rings. The Hall–Kier alpha value is 2.73. The van der Waals surface area contributed by atoms with Gasteiger partial charge in [-0.1, -0.05) is 0 Å². The van der Waals surface area contributed by atoms with Crippen molar-refractivity contribution in [3.8, 4) is 0 Å². The van der Waals surface area contributed by atoms with Gasteiger partial charge in [0.2, 0.25) is 0 Å². The van der Waals surface area contributed by atoms with E-state index in [0.717, 1.165) is 0 Å². The molecule has 0 N–H and O–H groups in total. The molecule has 5 heteroatoms. The molecule has 5 heavy (non-hydrogen) atoms. The molecular weight excluding hydrogens is 278 g/mol. The van der Waals surface area contributed by atoms with Crippen LogP contribution in [-0.4, -0.2) is 0 Å². The van der Waals surface area contributed by atoms with E-state index < -0.39 is 27.4 Å². The Morgan fingerprint density at radius 1 is 1.20 bits per heavy atom. The summed E-state index contributed by atoms with van der Waals surface area (Å²) in [4.78, 5) is 0. The van der Waals surface area contributed by atoms with Crippen LogP contribution in [-0.2, 0) is 0 Å². The maximum atomic E-state index is 4.95. The predicted molar refractivity (Wildman–Crippen MR) is 18.7 cm³/mol. The van der Waals surface area contributed by atoms with Crippen LogP contribution in [0.25, 0.3) is 0 Å². The third kappa shape index (κ3) is 20.2. The van der Waals surface area contributed by atoms with E-state index in [-0.39, 0.29) is 20.3 Å². The molecule has 0 radical (unpaired) electrons. The molecule has 0 aromatic carbocycles. The van der Waals surface area contributed by atoms with Gasteiger partial charge in [0.25, 0.3) is 0 Å². The van der Waals surface area contributed by atoms with Crippen molar-refractivity contribution < 1.29 is 47.7 Å². The minimum absolute atomic E-state index is 0. The monoisotopic (exact) mass is 278 g/mol. The molecule has 0 nitrogen and oxygen atoms in total. The average Bonchev–Trinajstić information content (AvgIpc) is 0.811. The van der Waals surface area contributed by atoms with Crippen LogP contribution in [0, 0.1) is 27.4 Å². The van der Waals surface area contributed by atoms with E-state index >= 15 is 0 Å². The van der Waals surface area contributed by atoms with E-state index in [2.05, 4.69) is 0 Å². The topological polar surface area (TPSA) is 0 Å². The quantitative estimate of drug-likeness (QED) is 0.509. The number of hydrogen-bond acceptors (Lipinski definition) is 0. The fourth-order valence-electron chi connectivity index (χ4n) is 0. The Morgan fingerprint density at radius 2 is 1.20 bits per heavy atom. The molecule has 34 valence electrons. The normalized spacial score (nSPS) is 9.00. The van der Waals surface area contributed by atoms with Crippen LogP contribution in [0.3, 0.4) is 0 Å². The molecule has 0 amide bonds. The van der Waals surface area contributed by atoms with Crippen molar-refractivity contribution in [1.29, 1.82) is 0 Å². The summed E-state index contributed by atoms with van der Waals surface area (Å²) in [6.07, 6.45) is 14.9. The van der Waals surface area contributed by atoms with Crippen LogP contribution in [0.1, 0.15) is 1.43 Å². The first kappa shape index (κ1) is 10.7. The standard InChI is InChI=1S/3ClH.Ho.Li.H/h3*1H;;;/q;;;+3;+1;-1/p-3. The first-order chi connectivity index (χ1) is 1.73. The second-order valence-corrected chi connectivity index (χ2v) is 8.62. The molecule has 0 aliphatic rings. The molecule has 0 aliphatic carbocycles. The van der Waals surface area contributed by atoms with E-state index in [4.69, 9.17) is 19.2 Å². The summed E-state index contributed by atoms with van der Waals surface area (Å²) in [5, 5.41) is 0. The zero-order valence-corrected chi connectivity index (χ0v) is 6.64. The minimum Gasteiger partial charge on any atom is -1.00 e. The van der Waals surface area contributed by atoms with Gasteiger partial charge in [-0.2, -0.15) is 0 Å². The fourth-order valence-corrected chi connectivity index (χ4v) is 0. The zero-order valence-electron chi connectivity index (χ0n) is 3.44. The van der Waals surface area contributed by atoms with Crippen molar-refractivity contribution in [2.75, 3.05) is 0 Å². The molecule has 0 atom stereocenters. The molecule has 0 saturated carbocycles. The van der Waals surface area contributed by atoms with E-state index in [9.17, 15) is 0 Å². The van der Waals surface area contributed by atoms with Gasteiger partial charge in [0.05, 0.1) is 0 Å². The molecule has 0 bridgehead atoms. The summed E-state index contributed by atoms with van der Waals surface area (Å²) in [5.41, 5.74) is 0. The van der Waals surface area contributed by atoms with E-state index in [0.29, 0.717) is 0 Å². The Balaban J connectivity index is -0.0000000450. The molecular formula is HCl3HoLi. The molecule has 0 rings (SSSR count). The number of halogens is 3. The Morgan fingerprint density at radius 3 is 1.20 bits per heavy atom. The summed E-state index contributed by atoms with van der Waals surface area (Å²) < 4.78 is 0. The molecule has 0 saturated heterocycles. The maximum Gasteiger partial charge on any atom is 1.00 e. The van der Waals surface area contributed by atoms with E-state index in [1.807, 2.05) is 0 Å². The number of rotatable bonds is 0. The smallest absolute Gasteiger partial charge is 1.00 e. The molecule has 0 aliphatic heterocycles. The molecule has 0 spiro atoms. The first-order valence-electron chi connectivity index (χ1n) is 0.342. The second-order valence-electron chi connectivity index (χ2n) is 0.129. The molecule has 0 aromatic heterocycles. The Kier molecular flexibility index (Phi) is 14.3. The van der Waals surface area contributed by atoms with Gasteiger partial charge in [-0.15, -0.1) is 0 Å². The molecule has 0 unspecified atom stereocenters. The van der Waals surface area contributed by atoms with Crippen molar-refractivity contribution in [2.45, 2.75) is 0 Å². The first-order valence-corrected chi connectivity index (χ1v) is 7.61. The summed E-state index contributed by atoms with van der Waals surface area (Å²) in [7, 11) is 0. The fraction of sp³-hybridized carbons (Fsp3) is 0. The van der Waals surface area contributed by atoms with Crippen LogP contribution < -0.4 is 18.9 Å². The third-order valence-corrected chi connectivity index (χ3v) is 0. The van der Waals surface area contributed by atoms with Gasteiger partial charge in [-0.05, 0) is 0 Å². The largest absolute Gasteiger partial charge is 1.00 e. The molecule has 0 fully saturated rings.